The molecule has 0 spiro atoms. The Morgan fingerprint density at radius 3 is 2.80 bits per heavy atom. The van der Waals surface area contributed by atoms with Crippen LogP contribution in [-0.4, -0.2) is 65.1 Å². The van der Waals surface area contributed by atoms with Crippen molar-refractivity contribution in [2.24, 2.45) is 0 Å². The van der Waals surface area contributed by atoms with Gasteiger partial charge in [0.05, 0.1) is 30.0 Å². The van der Waals surface area contributed by atoms with Gasteiger partial charge in [-0.2, -0.15) is 13.2 Å². The van der Waals surface area contributed by atoms with Gasteiger partial charge >= 0.3 is 6.18 Å². The number of hydrogen-bond acceptors (Lipinski definition) is 5. The molecule has 1 saturated heterocycles. The van der Waals surface area contributed by atoms with Gasteiger partial charge in [-0.3, -0.25) is 9.59 Å². The number of carbonyl (C=O) groups excluding carboxylic acids is 2. The molecule has 162 valence electrons. The maximum atomic E-state index is 13.3. The predicted molar refractivity (Wildman–Crippen MR) is 99.8 cm³/mol. The number of halogens is 3. The lowest BCUT2D eigenvalue weighted by atomic mass is 10.0. The molecule has 2 heterocycles. The van der Waals surface area contributed by atoms with E-state index in [1.165, 1.54) is 41.1 Å². The van der Waals surface area contributed by atoms with Gasteiger partial charge in [-0.25, -0.2) is 4.68 Å². The number of benzene rings is 1. The Kier molecular flexibility index (Phi) is 6.70. The molecule has 1 aliphatic rings. The molecule has 0 aliphatic carbocycles. The summed E-state index contributed by atoms with van der Waals surface area (Å²) in [6.07, 6.45) is -1.87. The van der Waals surface area contributed by atoms with E-state index in [-0.39, 0.29) is 23.8 Å². The quantitative estimate of drug-likeness (QED) is 0.717. The van der Waals surface area contributed by atoms with Crippen LogP contribution >= 0.6 is 0 Å². The molecule has 1 aliphatic heterocycles. The Labute approximate surface area is 171 Å². The van der Waals surface area contributed by atoms with Crippen molar-refractivity contribution >= 4 is 11.8 Å². The number of nitrogens with zero attached hydrogens (tertiary/aromatic N) is 4. The van der Waals surface area contributed by atoms with E-state index in [0.717, 1.165) is 6.07 Å². The molecule has 8 nitrogen and oxygen atoms in total. The topological polar surface area (TPSA) is 89.4 Å². The average molecular weight is 425 g/mol. The molecule has 1 fully saturated rings. The van der Waals surface area contributed by atoms with Gasteiger partial charge in [-0.1, -0.05) is 17.3 Å². The fourth-order valence-electron chi connectivity index (χ4n) is 3.36. The third-order valence-corrected chi connectivity index (χ3v) is 4.86. The molecule has 1 aromatic carbocycles. The highest BCUT2D eigenvalue weighted by Crippen LogP contribution is 2.33. The number of methoxy groups -OCH3 is 1. The molecule has 1 aromatic heterocycles. The summed E-state index contributed by atoms with van der Waals surface area (Å²) in [4.78, 5) is 26.2. The van der Waals surface area contributed by atoms with Crippen molar-refractivity contribution in [1.29, 1.82) is 0 Å². The zero-order chi connectivity index (χ0) is 21.7. The van der Waals surface area contributed by atoms with Crippen LogP contribution in [0.5, 0.6) is 0 Å². The number of ether oxygens (including phenoxy) is 1. The van der Waals surface area contributed by atoms with Crippen molar-refractivity contribution < 1.29 is 27.5 Å². The highest BCUT2D eigenvalue weighted by atomic mass is 19.4. The van der Waals surface area contributed by atoms with Crippen molar-refractivity contribution in [1.82, 2.24) is 25.2 Å². The fourth-order valence-corrected chi connectivity index (χ4v) is 3.36. The van der Waals surface area contributed by atoms with Crippen molar-refractivity contribution in [2.45, 2.75) is 25.1 Å². The zero-order valence-electron chi connectivity index (χ0n) is 16.4. The Balaban J connectivity index is 1.71. The number of nitrogens with one attached hydrogen (secondary N) is 1. The highest BCUT2D eigenvalue weighted by molar-refractivity contribution is 5.96. The summed E-state index contributed by atoms with van der Waals surface area (Å²) in [5, 5.41) is 10.5. The van der Waals surface area contributed by atoms with E-state index in [1.807, 2.05) is 0 Å². The molecule has 0 saturated carbocycles. The number of rotatable bonds is 6. The standard InChI is InChI=1S/C19H22F3N5O3/c1-30-10-8-23-17(28)16-12-27(25-24-16)13-5-4-9-26(11-13)18(29)14-6-2-3-7-15(14)19(20,21)22/h2-3,6-7,12-13H,4-5,8-11H2,1H3,(H,23,28)/t13-/m0/s1. The van der Waals surface area contributed by atoms with Crippen LogP contribution in [0.2, 0.25) is 0 Å². The molecule has 1 atom stereocenters. The van der Waals surface area contributed by atoms with Crippen LogP contribution in [0, 0.1) is 0 Å². The molecule has 3 rings (SSSR count). The molecule has 0 unspecified atom stereocenters. The first-order chi connectivity index (χ1) is 14.3. The Morgan fingerprint density at radius 2 is 2.07 bits per heavy atom. The molecule has 2 amide bonds. The SMILES string of the molecule is COCCNC(=O)c1cn([C@H]2CCCN(C(=O)c3ccccc3C(F)(F)F)C2)nn1. The minimum atomic E-state index is -4.61. The summed E-state index contributed by atoms with van der Waals surface area (Å²) in [5.74, 6) is -1.08. The van der Waals surface area contributed by atoms with Crippen molar-refractivity contribution in [2.75, 3.05) is 33.4 Å². The van der Waals surface area contributed by atoms with Crippen LogP contribution in [0.4, 0.5) is 13.2 Å². The summed E-state index contributed by atoms with van der Waals surface area (Å²) in [6.45, 7) is 1.21. The first kappa shape index (κ1) is 21.8. The first-order valence-corrected chi connectivity index (χ1v) is 9.45. The number of piperidine rings is 1. The van der Waals surface area contributed by atoms with Crippen LogP contribution in [0.15, 0.2) is 30.5 Å². The summed E-state index contributed by atoms with van der Waals surface area (Å²) >= 11 is 0. The molecule has 0 radical (unpaired) electrons. The first-order valence-electron chi connectivity index (χ1n) is 9.45. The largest absolute Gasteiger partial charge is 0.417 e. The van der Waals surface area contributed by atoms with Gasteiger partial charge in [0.25, 0.3) is 11.8 Å². The number of likely N-dealkylation sites (tertiary alicyclic amines) is 1. The number of carbonyl (C=O) groups is 2. The summed E-state index contributed by atoms with van der Waals surface area (Å²) in [7, 11) is 1.52. The van der Waals surface area contributed by atoms with E-state index in [9.17, 15) is 22.8 Å². The van der Waals surface area contributed by atoms with Gasteiger partial charge in [0.2, 0.25) is 0 Å². The molecule has 2 aromatic rings. The lowest BCUT2D eigenvalue weighted by molar-refractivity contribution is -0.138. The van der Waals surface area contributed by atoms with Gasteiger partial charge in [0.15, 0.2) is 5.69 Å². The molecule has 0 bridgehead atoms. The van der Waals surface area contributed by atoms with Crippen LogP contribution < -0.4 is 5.32 Å². The van der Waals surface area contributed by atoms with Crippen LogP contribution in [0.25, 0.3) is 0 Å². The van der Waals surface area contributed by atoms with Crippen molar-refractivity contribution in [3.8, 4) is 0 Å². The van der Waals surface area contributed by atoms with Gasteiger partial charge in [-0.15, -0.1) is 5.10 Å². The van der Waals surface area contributed by atoms with Crippen molar-refractivity contribution in [3.63, 3.8) is 0 Å². The second kappa shape index (κ2) is 9.24. The molecular formula is C19H22F3N5O3. The zero-order valence-corrected chi connectivity index (χ0v) is 16.4. The van der Waals surface area contributed by atoms with Crippen LogP contribution in [0.1, 0.15) is 45.3 Å². The number of amides is 2. The molecular weight excluding hydrogens is 403 g/mol. The maximum Gasteiger partial charge on any atom is 0.417 e. The van der Waals surface area contributed by atoms with Crippen molar-refractivity contribution in [3.05, 3.63) is 47.3 Å². The van der Waals surface area contributed by atoms with E-state index >= 15 is 0 Å². The normalized spacial score (nSPS) is 17.1. The van der Waals surface area contributed by atoms with E-state index in [0.29, 0.717) is 32.5 Å². The van der Waals surface area contributed by atoms with Gasteiger partial charge in [0.1, 0.15) is 0 Å². The smallest absolute Gasteiger partial charge is 0.383 e. The Morgan fingerprint density at radius 1 is 1.30 bits per heavy atom. The van der Waals surface area contributed by atoms with Gasteiger partial charge in [-0.05, 0) is 25.0 Å². The number of alkyl halides is 3. The Hall–Kier alpha value is -2.95. The lowest BCUT2D eigenvalue weighted by Crippen LogP contribution is -2.41. The number of hydrogen-bond donors (Lipinski definition) is 1. The van der Waals surface area contributed by atoms with E-state index in [2.05, 4.69) is 15.6 Å². The molecule has 30 heavy (non-hydrogen) atoms. The van der Waals surface area contributed by atoms with Crippen LogP contribution in [0.3, 0.4) is 0 Å². The molecule has 11 heteroatoms. The second-order valence-electron chi connectivity index (χ2n) is 6.92. The molecule has 1 N–H and O–H groups in total. The summed E-state index contributed by atoms with van der Waals surface area (Å²) < 4.78 is 46.2. The number of aromatic nitrogens is 3. The highest BCUT2D eigenvalue weighted by Gasteiger charge is 2.37. The maximum absolute atomic E-state index is 13.3. The minimum Gasteiger partial charge on any atom is -0.383 e. The predicted octanol–water partition coefficient (Wildman–Crippen LogP) is 2.15. The third kappa shape index (κ3) is 4.96. The van der Waals surface area contributed by atoms with E-state index in [1.54, 1.807) is 0 Å². The van der Waals surface area contributed by atoms with E-state index < -0.39 is 23.6 Å². The van der Waals surface area contributed by atoms with E-state index in [4.69, 9.17) is 4.74 Å². The minimum absolute atomic E-state index is 0.122. The monoisotopic (exact) mass is 425 g/mol. The summed E-state index contributed by atoms with van der Waals surface area (Å²) in [6, 6.07) is 4.48. The lowest BCUT2D eigenvalue weighted by Gasteiger charge is -2.33. The second-order valence-corrected chi connectivity index (χ2v) is 6.92. The average Bonchev–Trinajstić information content (AvgIpc) is 3.23. The Bertz CT molecular complexity index is 900. The third-order valence-electron chi connectivity index (χ3n) is 4.86. The van der Waals surface area contributed by atoms with Gasteiger partial charge < -0.3 is 15.0 Å². The van der Waals surface area contributed by atoms with Gasteiger partial charge in [0, 0.05) is 26.7 Å². The fraction of sp³-hybridized carbons (Fsp3) is 0.474. The summed E-state index contributed by atoms with van der Waals surface area (Å²) in [5.41, 5.74) is -1.20. The van der Waals surface area contributed by atoms with Crippen LogP contribution in [-0.2, 0) is 10.9 Å².